The first kappa shape index (κ1) is 15.6. The molecule has 0 aromatic heterocycles. The molecule has 1 aromatic rings. The standard InChI is InChI=1S/C13H19ClN2O3/c1-4-19-13(17)10-5-9(15)6-11(14)12(10)16-7-8(2)18-3/h5-6,8,16H,4,7,15H2,1-3H3. The molecule has 1 atom stereocenters. The van der Waals surface area contributed by atoms with Crippen molar-refractivity contribution in [2.24, 2.45) is 0 Å². The van der Waals surface area contributed by atoms with Crippen LogP contribution < -0.4 is 11.1 Å². The first-order valence-electron chi connectivity index (χ1n) is 6.02. The minimum atomic E-state index is -0.454. The summed E-state index contributed by atoms with van der Waals surface area (Å²) in [5, 5.41) is 3.47. The van der Waals surface area contributed by atoms with E-state index in [-0.39, 0.29) is 6.10 Å². The van der Waals surface area contributed by atoms with Gasteiger partial charge in [0.2, 0.25) is 0 Å². The quantitative estimate of drug-likeness (QED) is 0.621. The fourth-order valence-corrected chi connectivity index (χ4v) is 1.80. The van der Waals surface area contributed by atoms with Gasteiger partial charge in [0.15, 0.2) is 0 Å². The number of hydrogen-bond acceptors (Lipinski definition) is 5. The van der Waals surface area contributed by atoms with E-state index in [0.717, 1.165) is 0 Å². The van der Waals surface area contributed by atoms with Crippen molar-refractivity contribution in [2.45, 2.75) is 20.0 Å². The molecule has 0 spiro atoms. The van der Waals surface area contributed by atoms with Crippen molar-refractivity contribution in [2.75, 3.05) is 31.3 Å². The molecule has 3 N–H and O–H groups in total. The molecule has 0 fully saturated rings. The summed E-state index contributed by atoms with van der Waals surface area (Å²) in [6, 6.07) is 3.13. The summed E-state index contributed by atoms with van der Waals surface area (Å²) < 4.78 is 10.1. The number of rotatable bonds is 6. The lowest BCUT2D eigenvalue weighted by Crippen LogP contribution is -2.20. The van der Waals surface area contributed by atoms with Gasteiger partial charge in [-0.1, -0.05) is 11.6 Å². The lowest BCUT2D eigenvalue weighted by Gasteiger charge is -2.16. The van der Waals surface area contributed by atoms with Gasteiger partial charge in [-0.25, -0.2) is 4.79 Å². The highest BCUT2D eigenvalue weighted by Gasteiger charge is 2.17. The molecule has 1 rings (SSSR count). The molecule has 0 saturated heterocycles. The van der Waals surface area contributed by atoms with E-state index in [2.05, 4.69) is 5.32 Å². The van der Waals surface area contributed by atoms with Crippen LogP contribution in [0.25, 0.3) is 0 Å². The maximum atomic E-state index is 11.9. The number of ether oxygens (including phenoxy) is 2. The topological polar surface area (TPSA) is 73.6 Å². The number of nitrogens with two attached hydrogens (primary N) is 1. The SMILES string of the molecule is CCOC(=O)c1cc(N)cc(Cl)c1NCC(C)OC. The lowest BCUT2D eigenvalue weighted by molar-refractivity contribution is 0.0527. The van der Waals surface area contributed by atoms with Crippen LogP contribution >= 0.6 is 11.6 Å². The Balaban J connectivity index is 3.02. The molecule has 0 amide bonds. The Bertz CT molecular complexity index is 452. The third-order valence-electron chi connectivity index (χ3n) is 2.58. The van der Waals surface area contributed by atoms with Gasteiger partial charge in [-0.2, -0.15) is 0 Å². The molecule has 0 heterocycles. The van der Waals surface area contributed by atoms with Crippen LogP contribution in [0.1, 0.15) is 24.2 Å². The number of anilines is 2. The third-order valence-corrected chi connectivity index (χ3v) is 2.87. The number of hydrogen-bond donors (Lipinski definition) is 2. The van der Waals surface area contributed by atoms with Crippen LogP contribution in [0.5, 0.6) is 0 Å². The van der Waals surface area contributed by atoms with Crippen molar-refractivity contribution in [3.05, 3.63) is 22.7 Å². The number of methoxy groups -OCH3 is 1. The van der Waals surface area contributed by atoms with Gasteiger partial charge in [-0.3, -0.25) is 0 Å². The Morgan fingerprint density at radius 2 is 2.21 bits per heavy atom. The molecule has 0 aliphatic heterocycles. The van der Waals surface area contributed by atoms with Gasteiger partial charge >= 0.3 is 5.97 Å². The molecule has 106 valence electrons. The predicted octanol–water partition coefficient (Wildman–Crippen LogP) is 2.55. The zero-order valence-corrected chi connectivity index (χ0v) is 12.1. The Kier molecular flexibility index (Phi) is 5.92. The molecule has 5 nitrogen and oxygen atoms in total. The highest BCUT2D eigenvalue weighted by molar-refractivity contribution is 6.34. The smallest absolute Gasteiger partial charge is 0.340 e. The van der Waals surface area contributed by atoms with Gasteiger partial charge in [0.05, 0.1) is 29.0 Å². The van der Waals surface area contributed by atoms with Gasteiger partial charge in [0.25, 0.3) is 0 Å². The predicted molar refractivity (Wildman–Crippen MR) is 76.8 cm³/mol. The molecule has 1 aromatic carbocycles. The second kappa shape index (κ2) is 7.21. The number of benzene rings is 1. The normalized spacial score (nSPS) is 12.0. The van der Waals surface area contributed by atoms with E-state index >= 15 is 0 Å². The molecule has 6 heteroatoms. The molecular formula is C13H19ClN2O3. The van der Waals surface area contributed by atoms with E-state index in [1.54, 1.807) is 26.2 Å². The second-order valence-corrected chi connectivity index (χ2v) is 4.48. The first-order valence-corrected chi connectivity index (χ1v) is 6.40. The van der Waals surface area contributed by atoms with E-state index in [0.29, 0.717) is 35.1 Å². The average molecular weight is 287 g/mol. The zero-order valence-electron chi connectivity index (χ0n) is 11.3. The van der Waals surface area contributed by atoms with Crippen LogP contribution in [0.4, 0.5) is 11.4 Å². The Morgan fingerprint density at radius 3 is 2.79 bits per heavy atom. The van der Waals surface area contributed by atoms with E-state index < -0.39 is 5.97 Å². The number of carbonyl (C=O) groups excluding carboxylic acids is 1. The van der Waals surface area contributed by atoms with Gasteiger partial charge in [0.1, 0.15) is 0 Å². The summed E-state index contributed by atoms with van der Waals surface area (Å²) in [6.45, 7) is 4.46. The number of esters is 1. The maximum absolute atomic E-state index is 11.9. The summed E-state index contributed by atoms with van der Waals surface area (Å²) in [5.74, 6) is -0.454. The van der Waals surface area contributed by atoms with Crippen molar-refractivity contribution in [1.29, 1.82) is 0 Å². The van der Waals surface area contributed by atoms with Crippen LogP contribution in [-0.2, 0) is 9.47 Å². The minimum Gasteiger partial charge on any atom is -0.462 e. The number of carbonyl (C=O) groups is 1. The minimum absolute atomic E-state index is 0.0105. The van der Waals surface area contributed by atoms with Crippen molar-refractivity contribution < 1.29 is 14.3 Å². The highest BCUT2D eigenvalue weighted by Crippen LogP contribution is 2.29. The van der Waals surface area contributed by atoms with Crippen molar-refractivity contribution in [3.8, 4) is 0 Å². The fraction of sp³-hybridized carbons (Fsp3) is 0.462. The molecule has 1 unspecified atom stereocenters. The van der Waals surface area contributed by atoms with Gasteiger partial charge in [-0.15, -0.1) is 0 Å². The average Bonchev–Trinajstić information content (AvgIpc) is 2.36. The van der Waals surface area contributed by atoms with Crippen LogP contribution in [0.3, 0.4) is 0 Å². The summed E-state index contributed by atoms with van der Waals surface area (Å²) >= 11 is 6.11. The van der Waals surface area contributed by atoms with Gasteiger partial charge in [-0.05, 0) is 26.0 Å². The van der Waals surface area contributed by atoms with Crippen LogP contribution in [-0.4, -0.2) is 32.3 Å². The van der Waals surface area contributed by atoms with Crippen LogP contribution in [0.2, 0.25) is 5.02 Å². The number of nitrogens with one attached hydrogen (secondary N) is 1. The second-order valence-electron chi connectivity index (χ2n) is 4.07. The van der Waals surface area contributed by atoms with Gasteiger partial charge < -0.3 is 20.5 Å². The molecule has 0 saturated carbocycles. The Morgan fingerprint density at radius 1 is 1.53 bits per heavy atom. The van der Waals surface area contributed by atoms with Crippen molar-refractivity contribution in [3.63, 3.8) is 0 Å². The highest BCUT2D eigenvalue weighted by atomic mass is 35.5. The van der Waals surface area contributed by atoms with E-state index in [4.69, 9.17) is 26.8 Å². The Hall–Kier alpha value is -1.46. The van der Waals surface area contributed by atoms with E-state index in [1.807, 2.05) is 6.92 Å². The summed E-state index contributed by atoms with van der Waals surface area (Å²) in [7, 11) is 1.61. The van der Waals surface area contributed by atoms with Gasteiger partial charge in [0, 0.05) is 19.3 Å². The lowest BCUT2D eigenvalue weighted by atomic mass is 10.1. The monoisotopic (exact) mass is 286 g/mol. The number of halogens is 1. The molecule has 0 aliphatic carbocycles. The first-order chi connectivity index (χ1) is 8.99. The molecular weight excluding hydrogens is 268 g/mol. The summed E-state index contributed by atoms with van der Waals surface area (Å²) in [6.07, 6.45) is -0.0105. The molecule has 19 heavy (non-hydrogen) atoms. The molecule has 0 bridgehead atoms. The largest absolute Gasteiger partial charge is 0.462 e. The van der Waals surface area contributed by atoms with E-state index in [9.17, 15) is 4.79 Å². The maximum Gasteiger partial charge on any atom is 0.340 e. The van der Waals surface area contributed by atoms with Crippen molar-refractivity contribution >= 4 is 28.9 Å². The summed E-state index contributed by atoms with van der Waals surface area (Å²) in [5.41, 5.74) is 6.96. The zero-order chi connectivity index (χ0) is 14.4. The van der Waals surface area contributed by atoms with Crippen LogP contribution in [0, 0.1) is 0 Å². The van der Waals surface area contributed by atoms with Crippen molar-refractivity contribution in [1.82, 2.24) is 0 Å². The number of nitrogen functional groups attached to an aromatic ring is 1. The third kappa shape index (κ3) is 4.29. The van der Waals surface area contributed by atoms with Crippen LogP contribution in [0.15, 0.2) is 12.1 Å². The molecule has 0 radical (unpaired) electrons. The Labute approximate surface area is 118 Å². The summed E-state index contributed by atoms with van der Waals surface area (Å²) in [4.78, 5) is 11.9. The fourth-order valence-electron chi connectivity index (χ4n) is 1.51. The van der Waals surface area contributed by atoms with E-state index in [1.165, 1.54) is 0 Å². The molecule has 0 aliphatic rings.